The van der Waals surface area contributed by atoms with Crippen LogP contribution >= 0.6 is 0 Å². The number of carbonyl (C=O) groups excluding carboxylic acids is 1. The fourth-order valence-corrected chi connectivity index (χ4v) is 4.72. The highest BCUT2D eigenvalue weighted by Gasteiger charge is 2.59. The molecule has 0 aromatic rings. The van der Waals surface area contributed by atoms with Gasteiger partial charge in [-0.1, -0.05) is 5.92 Å². The molecule has 1 amide bonds. The van der Waals surface area contributed by atoms with E-state index in [9.17, 15) is 4.79 Å². The van der Waals surface area contributed by atoms with E-state index in [1.165, 1.54) is 6.42 Å². The summed E-state index contributed by atoms with van der Waals surface area (Å²) in [6.07, 6.45) is 12.1. The summed E-state index contributed by atoms with van der Waals surface area (Å²) in [6.45, 7) is 0. The number of carbonyl (C=O) groups is 1. The first-order valence-electron chi connectivity index (χ1n) is 5.85. The largest absolute Gasteiger partial charge is 0.369 e. The van der Waals surface area contributed by atoms with E-state index >= 15 is 0 Å². The van der Waals surface area contributed by atoms with Crippen LogP contribution in [0.15, 0.2) is 0 Å². The van der Waals surface area contributed by atoms with Crippen molar-refractivity contribution in [1.82, 2.24) is 0 Å². The molecule has 0 aliphatic heterocycles. The molecule has 0 heterocycles. The Morgan fingerprint density at radius 3 is 2.33 bits per heavy atom. The average Bonchev–Trinajstić information content (AvgIpc) is 2.15. The summed E-state index contributed by atoms with van der Waals surface area (Å²) >= 11 is 0. The monoisotopic (exact) mass is 203 g/mol. The van der Waals surface area contributed by atoms with Crippen molar-refractivity contribution >= 4 is 5.91 Å². The second kappa shape index (κ2) is 2.58. The molecule has 0 radical (unpaired) electrons. The Kier molecular flexibility index (Phi) is 1.60. The molecule has 2 nitrogen and oxygen atoms in total. The van der Waals surface area contributed by atoms with Gasteiger partial charge in [0.25, 0.3) is 0 Å². The Morgan fingerprint density at radius 1 is 1.27 bits per heavy atom. The van der Waals surface area contributed by atoms with Gasteiger partial charge >= 0.3 is 0 Å². The second-order valence-corrected chi connectivity index (χ2v) is 6.03. The molecule has 4 bridgehead atoms. The van der Waals surface area contributed by atoms with E-state index in [0.29, 0.717) is 11.8 Å². The molecule has 15 heavy (non-hydrogen) atoms. The lowest BCUT2D eigenvalue weighted by atomic mass is 9.44. The molecule has 0 saturated heterocycles. The zero-order chi connectivity index (χ0) is 10.7. The molecule has 4 rings (SSSR count). The third-order valence-corrected chi connectivity index (χ3v) is 4.89. The standard InChI is InChI=1S/C13H17NO/c1-2-12-4-9-3-10(5-12)7-13(6-9,8-12)11(14)15/h1,9-10H,3-8H2,(H2,14,15). The van der Waals surface area contributed by atoms with Crippen LogP contribution in [0.25, 0.3) is 0 Å². The van der Waals surface area contributed by atoms with Gasteiger partial charge in [-0.3, -0.25) is 4.79 Å². The maximum absolute atomic E-state index is 11.7. The minimum absolute atomic E-state index is 0.0130. The first-order chi connectivity index (χ1) is 7.07. The van der Waals surface area contributed by atoms with Gasteiger partial charge in [-0.2, -0.15) is 0 Å². The highest BCUT2D eigenvalue weighted by atomic mass is 16.1. The van der Waals surface area contributed by atoms with E-state index in [2.05, 4.69) is 5.92 Å². The predicted octanol–water partition coefficient (Wildman–Crippen LogP) is 1.69. The number of hydrogen-bond donors (Lipinski definition) is 1. The molecule has 4 saturated carbocycles. The predicted molar refractivity (Wildman–Crippen MR) is 57.6 cm³/mol. The molecular weight excluding hydrogens is 186 g/mol. The van der Waals surface area contributed by atoms with Crippen molar-refractivity contribution in [3.05, 3.63) is 0 Å². The quantitative estimate of drug-likeness (QED) is 0.647. The van der Waals surface area contributed by atoms with Gasteiger partial charge in [0.1, 0.15) is 0 Å². The Labute approximate surface area is 90.6 Å². The molecule has 2 atom stereocenters. The fraction of sp³-hybridized carbons (Fsp3) is 0.769. The van der Waals surface area contributed by atoms with Crippen LogP contribution in [0.3, 0.4) is 0 Å². The minimum Gasteiger partial charge on any atom is -0.369 e. The van der Waals surface area contributed by atoms with Gasteiger partial charge < -0.3 is 5.73 Å². The van der Waals surface area contributed by atoms with Crippen molar-refractivity contribution in [2.24, 2.45) is 28.4 Å². The topological polar surface area (TPSA) is 43.1 Å². The fourth-order valence-electron chi connectivity index (χ4n) is 4.72. The number of terminal acetylenes is 1. The highest BCUT2D eigenvalue weighted by Crippen LogP contribution is 2.64. The average molecular weight is 203 g/mol. The summed E-state index contributed by atoms with van der Waals surface area (Å²) in [7, 11) is 0. The minimum atomic E-state index is -0.240. The molecule has 4 fully saturated rings. The summed E-state index contributed by atoms with van der Waals surface area (Å²) in [5.74, 6) is 4.20. The lowest BCUT2D eigenvalue weighted by Crippen LogP contribution is -2.56. The van der Waals surface area contributed by atoms with Gasteiger partial charge in [-0.25, -0.2) is 0 Å². The van der Waals surface area contributed by atoms with Gasteiger partial charge in [-0.15, -0.1) is 6.42 Å². The van der Waals surface area contributed by atoms with Crippen LogP contribution in [0.2, 0.25) is 0 Å². The van der Waals surface area contributed by atoms with Crippen LogP contribution in [-0.2, 0) is 4.79 Å². The Morgan fingerprint density at radius 2 is 1.87 bits per heavy atom. The van der Waals surface area contributed by atoms with E-state index in [1.807, 2.05) is 0 Å². The molecule has 0 aromatic carbocycles. The first-order valence-corrected chi connectivity index (χ1v) is 5.85. The van der Waals surface area contributed by atoms with Crippen molar-refractivity contribution in [3.63, 3.8) is 0 Å². The SMILES string of the molecule is C#CC12CC3CC(C1)CC(C(N)=O)(C3)C2. The van der Waals surface area contributed by atoms with E-state index in [4.69, 9.17) is 12.2 Å². The summed E-state index contributed by atoms with van der Waals surface area (Å²) in [6, 6.07) is 0. The molecule has 4 aliphatic carbocycles. The molecule has 80 valence electrons. The third-order valence-electron chi connectivity index (χ3n) is 4.89. The van der Waals surface area contributed by atoms with Gasteiger partial charge in [0.05, 0.1) is 5.41 Å². The van der Waals surface area contributed by atoms with E-state index in [0.717, 1.165) is 32.1 Å². The number of primary amides is 1. The van der Waals surface area contributed by atoms with Crippen molar-refractivity contribution in [2.45, 2.75) is 38.5 Å². The summed E-state index contributed by atoms with van der Waals surface area (Å²) < 4.78 is 0. The van der Waals surface area contributed by atoms with Crippen LogP contribution in [0, 0.1) is 35.0 Å². The van der Waals surface area contributed by atoms with Gasteiger partial charge in [0, 0.05) is 5.41 Å². The van der Waals surface area contributed by atoms with E-state index in [-0.39, 0.29) is 16.7 Å². The maximum Gasteiger partial charge on any atom is 0.223 e. The van der Waals surface area contributed by atoms with E-state index in [1.54, 1.807) is 0 Å². The van der Waals surface area contributed by atoms with Crippen LogP contribution in [0.5, 0.6) is 0 Å². The van der Waals surface area contributed by atoms with Crippen LogP contribution in [0.4, 0.5) is 0 Å². The van der Waals surface area contributed by atoms with Crippen molar-refractivity contribution in [2.75, 3.05) is 0 Å². The lowest BCUT2D eigenvalue weighted by Gasteiger charge is -2.59. The van der Waals surface area contributed by atoms with Crippen molar-refractivity contribution in [3.8, 4) is 12.3 Å². The Balaban J connectivity index is 2.03. The van der Waals surface area contributed by atoms with E-state index < -0.39 is 0 Å². The first kappa shape index (κ1) is 9.27. The van der Waals surface area contributed by atoms with Crippen LogP contribution < -0.4 is 5.73 Å². The third kappa shape index (κ3) is 1.10. The van der Waals surface area contributed by atoms with Crippen molar-refractivity contribution < 1.29 is 4.79 Å². The molecule has 4 aliphatic rings. The number of rotatable bonds is 1. The Hall–Kier alpha value is -0.970. The second-order valence-electron chi connectivity index (χ2n) is 6.03. The van der Waals surface area contributed by atoms with Gasteiger partial charge in [0.15, 0.2) is 0 Å². The summed E-state index contributed by atoms with van der Waals surface area (Å²) in [5, 5.41) is 0. The summed E-state index contributed by atoms with van der Waals surface area (Å²) in [5.41, 5.74) is 5.37. The van der Waals surface area contributed by atoms with Crippen LogP contribution in [0.1, 0.15) is 38.5 Å². The number of amides is 1. The van der Waals surface area contributed by atoms with Crippen LogP contribution in [-0.4, -0.2) is 5.91 Å². The molecular formula is C13H17NO. The molecule has 2 N–H and O–H groups in total. The van der Waals surface area contributed by atoms with Gasteiger partial charge in [-0.05, 0) is 50.4 Å². The highest BCUT2D eigenvalue weighted by molar-refractivity contribution is 5.81. The number of hydrogen-bond acceptors (Lipinski definition) is 1. The van der Waals surface area contributed by atoms with Gasteiger partial charge in [0.2, 0.25) is 5.91 Å². The van der Waals surface area contributed by atoms with Crippen molar-refractivity contribution in [1.29, 1.82) is 0 Å². The lowest BCUT2D eigenvalue weighted by molar-refractivity contribution is -0.147. The smallest absolute Gasteiger partial charge is 0.223 e. The summed E-state index contributed by atoms with van der Waals surface area (Å²) in [4.78, 5) is 11.7. The molecule has 0 spiro atoms. The normalized spacial score (nSPS) is 51.4. The maximum atomic E-state index is 11.7. The zero-order valence-electron chi connectivity index (χ0n) is 8.96. The molecule has 2 heteroatoms. The molecule has 2 unspecified atom stereocenters. The molecule has 0 aromatic heterocycles. The Bertz CT molecular complexity index is 351. The number of nitrogens with two attached hydrogens (primary N) is 1. The zero-order valence-corrected chi connectivity index (χ0v) is 8.96.